The van der Waals surface area contributed by atoms with E-state index in [1.54, 1.807) is 18.2 Å². The van der Waals surface area contributed by atoms with Crippen LogP contribution < -0.4 is 9.47 Å². The average Bonchev–Trinajstić information content (AvgIpc) is 2.38. The Kier molecular flexibility index (Phi) is 2.41. The molecule has 1 aliphatic heterocycles. The molecular formula is C11H10O4. The highest BCUT2D eigenvalue weighted by Crippen LogP contribution is 2.27. The lowest BCUT2D eigenvalue weighted by molar-refractivity contribution is -0.119. The van der Waals surface area contributed by atoms with E-state index in [4.69, 9.17) is 9.47 Å². The van der Waals surface area contributed by atoms with Crippen molar-refractivity contribution in [1.29, 1.82) is 0 Å². The summed E-state index contributed by atoms with van der Waals surface area (Å²) in [6.07, 6.45) is -0.0971. The topological polar surface area (TPSA) is 52.6 Å². The first-order valence-electron chi connectivity index (χ1n) is 4.56. The predicted octanol–water partition coefficient (Wildman–Crippen LogP) is 1.23. The summed E-state index contributed by atoms with van der Waals surface area (Å²) in [7, 11) is 1.52. The quantitative estimate of drug-likeness (QED) is 0.648. The monoisotopic (exact) mass is 206 g/mol. The molecule has 0 saturated heterocycles. The molecule has 0 bridgehead atoms. The second-order valence-electron chi connectivity index (χ2n) is 3.29. The molecule has 0 radical (unpaired) electrons. The van der Waals surface area contributed by atoms with E-state index in [0.29, 0.717) is 17.1 Å². The number of carbonyl (C=O) groups is 2. The molecule has 0 atom stereocenters. The zero-order chi connectivity index (χ0) is 10.8. The molecule has 4 nitrogen and oxygen atoms in total. The fourth-order valence-corrected chi connectivity index (χ4v) is 1.46. The third-order valence-electron chi connectivity index (χ3n) is 2.23. The molecule has 0 aromatic heterocycles. The third-order valence-corrected chi connectivity index (χ3v) is 2.23. The number of rotatable bonds is 1. The Morgan fingerprint density at radius 3 is 2.87 bits per heavy atom. The Labute approximate surface area is 86.8 Å². The molecule has 0 N–H and O–H groups in total. The van der Waals surface area contributed by atoms with E-state index in [1.165, 1.54) is 7.11 Å². The van der Waals surface area contributed by atoms with Crippen molar-refractivity contribution in [2.24, 2.45) is 0 Å². The van der Waals surface area contributed by atoms with Gasteiger partial charge in [0.1, 0.15) is 18.1 Å². The fraction of sp³-hybridized carbons (Fsp3) is 0.273. The van der Waals surface area contributed by atoms with Crippen molar-refractivity contribution in [2.75, 3.05) is 13.7 Å². The number of Topliss-reactive ketones (excluding diaryl/α,β-unsaturated/α-hetero) is 2. The first-order chi connectivity index (χ1) is 7.20. The van der Waals surface area contributed by atoms with Crippen LogP contribution in [0.2, 0.25) is 0 Å². The second-order valence-corrected chi connectivity index (χ2v) is 3.29. The van der Waals surface area contributed by atoms with Gasteiger partial charge in [0.25, 0.3) is 0 Å². The molecule has 0 fully saturated rings. The zero-order valence-corrected chi connectivity index (χ0v) is 8.28. The molecule has 15 heavy (non-hydrogen) atoms. The minimum absolute atomic E-state index is 0.0366. The molecule has 4 heteroatoms. The van der Waals surface area contributed by atoms with E-state index in [0.717, 1.165) is 0 Å². The maximum Gasteiger partial charge on any atom is 0.177 e. The molecule has 0 unspecified atom stereocenters. The molecule has 0 saturated carbocycles. The number of hydrogen-bond acceptors (Lipinski definition) is 4. The highest BCUT2D eigenvalue weighted by molar-refractivity contribution is 6.10. The van der Waals surface area contributed by atoms with Crippen LogP contribution in [0.5, 0.6) is 11.5 Å². The summed E-state index contributed by atoms with van der Waals surface area (Å²) in [5.74, 6) is 0.619. The van der Waals surface area contributed by atoms with Crippen LogP contribution in [0.15, 0.2) is 18.2 Å². The molecule has 1 heterocycles. The Bertz CT molecular complexity index is 423. The Balaban J connectivity index is 2.45. The van der Waals surface area contributed by atoms with Crippen LogP contribution in [-0.2, 0) is 4.79 Å². The van der Waals surface area contributed by atoms with Gasteiger partial charge in [-0.15, -0.1) is 0 Å². The maximum absolute atomic E-state index is 11.6. The van der Waals surface area contributed by atoms with Crippen LogP contribution >= 0.6 is 0 Å². The molecule has 2 rings (SSSR count). The van der Waals surface area contributed by atoms with Crippen molar-refractivity contribution in [3.8, 4) is 11.5 Å². The van der Waals surface area contributed by atoms with Gasteiger partial charge in [0, 0.05) is 0 Å². The molecule has 0 aliphatic carbocycles. The second kappa shape index (κ2) is 3.73. The molecule has 1 aromatic rings. The minimum atomic E-state index is -0.216. The molecule has 78 valence electrons. The standard InChI is InChI=1S/C11H10O4/c1-14-8-2-3-11-9(5-8)10(13)4-7(12)6-15-11/h2-3,5H,4,6H2,1H3. The summed E-state index contributed by atoms with van der Waals surface area (Å²) in [6.45, 7) is -0.0366. The van der Waals surface area contributed by atoms with Crippen molar-refractivity contribution in [1.82, 2.24) is 0 Å². The highest BCUT2D eigenvalue weighted by atomic mass is 16.5. The van der Waals surface area contributed by atoms with Gasteiger partial charge >= 0.3 is 0 Å². The van der Waals surface area contributed by atoms with Gasteiger partial charge in [-0.25, -0.2) is 0 Å². The molecule has 1 aliphatic rings. The first kappa shape index (κ1) is 9.71. The Morgan fingerprint density at radius 1 is 1.33 bits per heavy atom. The normalized spacial score (nSPS) is 15.3. The van der Waals surface area contributed by atoms with E-state index in [2.05, 4.69) is 0 Å². The van der Waals surface area contributed by atoms with E-state index >= 15 is 0 Å². The van der Waals surface area contributed by atoms with Gasteiger partial charge in [-0.05, 0) is 18.2 Å². The van der Waals surface area contributed by atoms with Crippen LogP contribution in [0.3, 0.4) is 0 Å². The summed E-state index contributed by atoms with van der Waals surface area (Å²) in [6, 6.07) is 4.93. The van der Waals surface area contributed by atoms with E-state index < -0.39 is 0 Å². The molecule has 0 spiro atoms. The van der Waals surface area contributed by atoms with Crippen molar-refractivity contribution in [3.05, 3.63) is 23.8 Å². The molecule has 0 amide bonds. The highest BCUT2D eigenvalue weighted by Gasteiger charge is 2.21. The van der Waals surface area contributed by atoms with Crippen molar-refractivity contribution < 1.29 is 19.1 Å². The van der Waals surface area contributed by atoms with Crippen molar-refractivity contribution >= 4 is 11.6 Å². The molecular weight excluding hydrogens is 196 g/mol. The van der Waals surface area contributed by atoms with Gasteiger partial charge in [0.05, 0.1) is 19.1 Å². The third kappa shape index (κ3) is 1.83. The van der Waals surface area contributed by atoms with Crippen LogP contribution in [-0.4, -0.2) is 25.3 Å². The predicted molar refractivity (Wildman–Crippen MR) is 52.4 cm³/mol. The van der Waals surface area contributed by atoms with Gasteiger partial charge in [0.2, 0.25) is 0 Å². The van der Waals surface area contributed by atoms with Gasteiger partial charge < -0.3 is 9.47 Å². The van der Waals surface area contributed by atoms with Crippen LogP contribution in [0.4, 0.5) is 0 Å². The average molecular weight is 206 g/mol. The summed E-state index contributed by atoms with van der Waals surface area (Å²) in [5.41, 5.74) is 0.417. The molecule has 1 aromatic carbocycles. The largest absolute Gasteiger partial charge is 0.497 e. The summed E-state index contributed by atoms with van der Waals surface area (Å²) >= 11 is 0. The van der Waals surface area contributed by atoms with Gasteiger partial charge in [-0.1, -0.05) is 0 Å². The smallest absolute Gasteiger partial charge is 0.177 e. The van der Waals surface area contributed by atoms with Gasteiger partial charge in [-0.2, -0.15) is 0 Å². The summed E-state index contributed by atoms with van der Waals surface area (Å²) in [5, 5.41) is 0. The van der Waals surface area contributed by atoms with Crippen LogP contribution in [0.1, 0.15) is 16.8 Å². The van der Waals surface area contributed by atoms with E-state index in [9.17, 15) is 9.59 Å². The van der Waals surface area contributed by atoms with E-state index in [1.807, 2.05) is 0 Å². The SMILES string of the molecule is COc1ccc2c(c1)C(=O)CC(=O)CO2. The van der Waals surface area contributed by atoms with Gasteiger partial charge in [-0.3, -0.25) is 9.59 Å². The lowest BCUT2D eigenvalue weighted by Crippen LogP contribution is -2.10. The van der Waals surface area contributed by atoms with Crippen molar-refractivity contribution in [2.45, 2.75) is 6.42 Å². The first-order valence-corrected chi connectivity index (χ1v) is 4.56. The Hall–Kier alpha value is -1.84. The number of benzene rings is 1. The summed E-state index contributed by atoms with van der Waals surface area (Å²) in [4.78, 5) is 22.8. The maximum atomic E-state index is 11.6. The lowest BCUT2D eigenvalue weighted by Gasteiger charge is -2.06. The number of hydrogen-bond donors (Lipinski definition) is 0. The van der Waals surface area contributed by atoms with Gasteiger partial charge in [0.15, 0.2) is 11.6 Å². The lowest BCUT2D eigenvalue weighted by atomic mass is 10.1. The minimum Gasteiger partial charge on any atom is -0.497 e. The number of ether oxygens (including phenoxy) is 2. The summed E-state index contributed by atoms with van der Waals surface area (Å²) < 4.78 is 10.2. The van der Waals surface area contributed by atoms with Crippen molar-refractivity contribution in [3.63, 3.8) is 0 Å². The van der Waals surface area contributed by atoms with Crippen LogP contribution in [0, 0.1) is 0 Å². The zero-order valence-electron chi connectivity index (χ0n) is 8.28. The number of carbonyl (C=O) groups excluding carboxylic acids is 2. The fourth-order valence-electron chi connectivity index (χ4n) is 1.46. The number of methoxy groups -OCH3 is 1. The van der Waals surface area contributed by atoms with Crippen LogP contribution in [0.25, 0.3) is 0 Å². The number of ketones is 2. The Morgan fingerprint density at radius 2 is 2.13 bits per heavy atom. The number of fused-ring (bicyclic) bond motifs is 1. The van der Waals surface area contributed by atoms with E-state index in [-0.39, 0.29) is 24.6 Å².